The summed E-state index contributed by atoms with van der Waals surface area (Å²) in [5, 5.41) is 2.85. The van der Waals surface area contributed by atoms with Crippen molar-refractivity contribution in [1.82, 2.24) is 14.6 Å². The Morgan fingerprint density at radius 2 is 1.81 bits per heavy atom. The highest BCUT2D eigenvalue weighted by Crippen LogP contribution is 2.16. The number of sulfonamides is 1. The van der Waals surface area contributed by atoms with Gasteiger partial charge in [-0.1, -0.05) is 38.1 Å². The van der Waals surface area contributed by atoms with Crippen molar-refractivity contribution >= 4 is 15.9 Å². The number of carbonyl (C=O) groups excluding carboxylic acids is 1. The lowest BCUT2D eigenvalue weighted by atomic mass is 10.00. The van der Waals surface area contributed by atoms with Gasteiger partial charge in [-0.2, -0.15) is 4.31 Å². The van der Waals surface area contributed by atoms with Crippen LogP contribution in [0, 0.1) is 5.92 Å². The number of nitrogens with one attached hydrogen (secondary N) is 1. The highest BCUT2D eigenvalue weighted by molar-refractivity contribution is 7.89. The molecule has 1 amide bonds. The van der Waals surface area contributed by atoms with E-state index in [0.717, 1.165) is 16.3 Å². The van der Waals surface area contributed by atoms with E-state index in [-0.39, 0.29) is 23.4 Å². The largest absolute Gasteiger partial charge is 0.348 e. The monoisotopic (exact) mass is 389 g/mol. The SMILES string of the molecule is CC(C)Cc1ccc(C(C)NC(=O)CN(C)S(=O)(=O)c2cccnc2)cc1. The van der Waals surface area contributed by atoms with Gasteiger partial charge in [-0.25, -0.2) is 8.42 Å². The predicted molar refractivity (Wildman–Crippen MR) is 106 cm³/mol. The Hall–Kier alpha value is -2.25. The molecule has 1 heterocycles. The molecule has 0 aliphatic heterocycles. The molecule has 27 heavy (non-hydrogen) atoms. The first-order valence-electron chi connectivity index (χ1n) is 8.94. The first kappa shape index (κ1) is 21.1. The maximum Gasteiger partial charge on any atom is 0.244 e. The van der Waals surface area contributed by atoms with E-state index in [9.17, 15) is 13.2 Å². The zero-order valence-corrected chi connectivity index (χ0v) is 17.0. The number of amides is 1. The van der Waals surface area contributed by atoms with Crippen molar-refractivity contribution in [3.63, 3.8) is 0 Å². The molecule has 6 nitrogen and oxygen atoms in total. The number of carbonyl (C=O) groups is 1. The van der Waals surface area contributed by atoms with E-state index in [4.69, 9.17) is 0 Å². The van der Waals surface area contributed by atoms with Crippen molar-refractivity contribution in [1.29, 1.82) is 0 Å². The Bertz CT molecular complexity index is 850. The van der Waals surface area contributed by atoms with Crippen LogP contribution in [0.3, 0.4) is 0 Å². The van der Waals surface area contributed by atoms with Gasteiger partial charge in [0.05, 0.1) is 12.6 Å². The number of likely N-dealkylation sites (N-methyl/N-ethyl adjacent to an activating group) is 1. The molecule has 2 aromatic rings. The summed E-state index contributed by atoms with van der Waals surface area (Å²) < 4.78 is 25.9. The fraction of sp³-hybridized carbons (Fsp3) is 0.400. The van der Waals surface area contributed by atoms with Crippen molar-refractivity contribution in [2.45, 2.75) is 38.1 Å². The molecule has 1 unspecified atom stereocenters. The van der Waals surface area contributed by atoms with Gasteiger partial charge in [0.2, 0.25) is 15.9 Å². The summed E-state index contributed by atoms with van der Waals surface area (Å²) >= 11 is 0. The van der Waals surface area contributed by atoms with Crippen molar-refractivity contribution in [2.75, 3.05) is 13.6 Å². The summed E-state index contributed by atoms with van der Waals surface area (Å²) in [4.78, 5) is 16.2. The minimum Gasteiger partial charge on any atom is -0.348 e. The Balaban J connectivity index is 1.96. The van der Waals surface area contributed by atoms with Crippen LogP contribution in [0.25, 0.3) is 0 Å². The van der Waals surface area contributed by atoms with E-state index < -0.39 is 10.0 Å². The Kier molecular flexibility index (Phi) is 7.10. The number of nitrogens with zero attached hydrogens (tertiary/aromatic N) is 2. The van der Waals surface area contributed by atoms with E-state index in [1.165, 1.54) is 31.1 Å². The molecule has 0 bridgehead atoms. The number of hydrogen-bond acceptors (Lipinski definition) is 4. The van der Waals surface area contributed by atoms with Crippen LogP contribution in [0.5, 0.6) is 0 Å². The van der Waals surface area contributed by atoms with Crippen molar-refractivity contribution in [3.05, 3.63) is 59.9 Å². The van der Waals surface area contributed by atoms with Crippen LogP contribution in [0.2, 0.25) is 0 Å². The molecule has 1 aromatic carbocycles. The van der Waals surface area contributed by atoms with Crippen LogP contribution in [0.15, 0.2) is 53.7 Å². The first-order chi connectivity index (χ1) is 12.7. The lowest BCUT2D eigenvalue weighted by Crippen LogP contribution is -2.39. The molecule has 0 radical (unpaired) electrons. The third kappa shape index (κ3) is 5.87. The topological polar surface area (TPSA) is 79.4 Å². The lowest BCUT2D eigenvalue weighted by Gasteiger charge is -2.19. The van der Waals surface area contributed by atoms with Crippen LogP contribution in [0.1, 0.15) is 37.9 Å². The van der Waals surface area contributed by atoms with Gasteiger partial charge in [-0.15, -0.1) is 0 Å². The quantitative estimate of drug-likeness (QED) is 0.753. The third-order valence-corrected chi connectivity index (χ3v) is 6.00. The van der Waals surface area contributed by atoms with Gasteiger partial charge in [-0.05, 0) is 42.5 Å². The second-order valence-corrected chi connectivity index (χ2v) is 9.12. The van der Waals surface area contributed by atoms with E-state index in [1.54, 1.807) is 6.07 Å². The van der Waals surface area contributed by atoms with E-state index >= 15 is 0 Å². The lowest BCUT2D eigenvalue weighted by molar-refractivity contribution is -0.121. The molecular formula is C20H27N3O3S. The number of hydrogen-bond donors (Lipinski definition) is 1. The smallest absolute Gasteiger partial charge is 0.244 e. The summed E-state index contributed by atoms with van der Waals surface area (Å²) in [5.74, 6) is 0.231. The molecule has 0 saturated carbocycles. The standard InChI is InChI=1S/C20H27N3O3S/c1-15(2)12-17-7-9-18(10-8-17)16(3)22-20(24)14-23(4)27(25,26)19-6-5-11-21-13-19/h5-11,13,15-16H,12,14H2,1-4H3,(H,22,24). The fourth-order valence-electron chi connectivity index (χ4n) is 2.75. The second-order valence-electron chi connectivity index (χ2n) is 7.08. The summed E-state index contributed by atoms with van der Waals surface area (Å²) in [6.45, 7) is 5.97. The molecule has 7 heteroatoms. The number of benzene rings is 1. The number of aromatic nitrogens is 1. The van der Waals surface area contributed by atoms with Gasteiger partial charge < -0.3 is 5.32 Å². The molecule has 2 rings (SSSR count). The fourth-order valence-corrected chi connectivity index (χ4v) is 3.84. The Morgan fingerprint density at radius 1 is 1.15 bits per heavy atom. The maximum absolute atomic E-state index is 12.5. The molecule has 0 fully saturated rings. The van der Waals surface area contributed by atoms with Crippen molar-refractivity contribution in [3.8, 4) is 0 Å². The van der Waals surface area contributed by atoms with Crippen LogP contribution < -0.4 is 5.32 Å². The van der Waals surface area contributed by atoms with E-state index in [2.05, 4.69) is 36.3 Å². The Morgan fingerprint density at radius 3 is 2.37 bits per heavy atom. The first-order valence-corrected chi connectivity index (χ1v) is 10.4. The number of rotatable bonds is 8. The van der Waals surface area contributed by atoms with Crippen LogP contribution in [-0.2, 0) is 21.2 Å². The van der Waals surface area contributed by atoms with Crippen LogP contribution in [-0.4, -0.2) is 37.2 Å². The van der Waals surface area contributed by atoms with Gasteiger partial charge in [0, 0.05) is 19.4 Å². The molecule has 146 valence electrons. The number of pyridine rings is 1. The van der Waals surface area contributed by atoms with Crippen LogP contribution >= 0.6 is 0 Å². The zero-order valence-electron chi connectivity index (χ0n) is 16.2. The predicted octanol–water partition coefficient (Wildman–Crippen LogP) is 2.78. The molecule has 0 aliphatic carbocycles. The van der Waals surface area contributed by atoms with Gasteiger partial charge in [-0.3, -0.25) is 9.78 Å². The normalized spacial score (nSPS) is 13.0. The van der Waals surface area contributed by atoms with Gasteiger partial charge in [0.25, 0.3) is 0 Å². The average molecular weight is 390 g/mol. The molecular weight excluding hydrogens is 362 g/mol. The molecule has 1 atom stereocenters. The van der Waals surface area contributed by atoms with Gasteiger partial charge in [0.15, 0.2) is 0 Å². The summed E-state index contributed by atoms with van der Waals surface area (Å²) in [6.07, 6.45) is 3.78. The summed E-state index contributed by atoms with van der Waals surface area (Å²) in [5.41, 5.74) is 2.24. The van der Waals surface area contributed by atoms with Crippen LogP contribution in [0.4, 0.5) is 0 Å². The van der Waals surface area contributed by atoms with Gasteiger partial charge in [0.1, 0.15) is 4.90 Å². The summed E-state index contributed by atoms with van der Waals surface area (Å²) in [6, 6.07) is 10.9. The minimum absolute atomic E-state index is 0.0640. The molecule has 1 N–H and O–H groups in total. The molecule has 1 aromatic heterocycles. The summed E-state index contributed by atoms with van der Waals surface area (Å²) in [7, 11) is -2.36. The zero-order chi connectivity index (χ0) is 20.0. The van der Waals surface area contributed by atoms with E-state index in [1.807, 2.05) is 19.1 Å². The van der Waals surface area contributed by atoms with Gasteiger partial charge >= 0.3 is 0 Å². The van der Waals surface area contributed by atoms with E-state index in [0.29, 0.717) is 5.92 Å². The highest BCUT2D eigenvalue weighted by atomic mass is 32.2. The minimum atomic E-state index is -3.74. The third-order valence-electron chi connectivity index (χ3n) is 4.21. The van der Waals surface area contributed by atoms with Crippen molar-refractivity contribution < 1.29 is 13.2 Å². The Labute approximate surface area is 161 Å². The average Bonchev–Trinajstić information content (AvgIpc) is 2.62. The second kappa shape index (κ2) is 9.10. The molecule has 0 aliphatic rings. The molecule has 0 spiro atoms. The molecule has 0 saturated heterocycles. The highest BCUT2D eigenvalue weighted by Gasteiger charge is 2.23. The van der Waals surface area contributed by atoms with Crippen molar-refractivity contribution in [2.24, 2.45) is 5.92 Å². The maximum atomic E-state index is 12.5.